The Hall–Kier alpha value is -4.21. The molecular weight excluding hydrogens is 472 g/mol. The van der Waals surface area contributed by atoms with Crippen molar-refractivity contribution in [2.45, 2.75) is 38.6 Å². The Morgan fingerprint density at radius 3 is 2.73 bits per heavy atom. The number of carbonyl (C=O) groups is 3. The Morgan fingerprint density at radius 1 is 1.16 bits per heavy atom. The van der Waals surface area contributed by atoms with E-state index in [1.54, 1.807) is 35.6 Å². The molecule has 0 radical (unpaired) electrons. The van der Waals surface area contributed by atoms with Crippen LogP contribution >= 0.6 is 0 Å². The lowest BCUT2D eigenvalue weighted by Gasteiger charge is -2.32. The number of likely N-dealkylation sites (tertiary alicyclic amines) is 1. The quantitative estimate of drug-likeness (QED) is 0.323. The zero-order valence-corrected chi connectivity index (χ0v) is 20.9. The topological polar surface area (TPSA) is 122 Å². The number of carbonyl (C=O) groups excluding carboxylic acids is 3. The van der Waals surface area contributed by atoms with Gasteiger partial charge in [-0.3, -0.25) is 19.4 Å². The molecule has 0 saturated carbocycles. The van der Waals surface area contributed by atoms with Gasteiger partial charge in [0.1, 0.15) is 5.76 Å². The van der Waals surface area contributed by atoms with Crippen molar-refractivity contribution >= 4 is 23.8 Å². The van der Waals surface area contributed by atoms with Gasteiger partial charge in [0.25, 0.3) is 5.91 Å². The summed E-state index contributed by atoms with van der Waals surface area (Å²) in [7, 11) is 0. The van der Waals surface area contributed by atoms with Crippen LogP contribution < -0.4 is 10.6 Å². The smallest absolute Gasteiger partial charge is 0.253 e. The summed E-state index contributed by atoms with van der Waals surface area (Å²) >= 11 is 0. The number of aromatic nitrogens is 3. The van der Waals surface area contributed by atoms with Crippen LogP contribution in [0.25, 0.3) is 6.08 Å². The molecule has 3 amide bonds. The van der Waals surface area contributed by atoms with E-state index in [-0.39, 0.29) is 30.2 Å². The predicted molar refractivity (Wildman–Crippen MR) is 137 cm³/mol. The first-order valence-electron chi connectivity index (χ1n) is 12.5. The number of aryl methyl sites for hydroxylation is 2. The summed E-state index contributed by atoms with van der Waals surface area (Å²) in [5, 5.41) is 5.63. The third-order valence-electron chi connectivity index (χ3n) is 6.34. The molecule has 0 aromatic carbocycles. The number of hydrogen-bond donors (Lipinski definition) is 2. The highest BCUT2D eigenvalue weighted by Crippen LogP contribution is 2.29. The Labute approximate surface area is 215 Å². The van der Waals surface area contributed by atoms with Gasteiger partial charge in [0.15, 0.2) is 0 Å². The summed E-state index contributed by atoms with van der Waals surface area (Å²) < 4.78 is 7.12. The highest BCUT2D eigenvalue weighted by Gasteiger charge is 2.28. The molecule has 10 heteroatoms. The Bertz CT molecular complexity index is 1210. The Morgan fingerprint density at radius 2 is 2.00 bits per heavy atom. The summed E-state index contributed by atoms with van der Waals surface area (Å²) in [5.41, 5.74) is 2.24. The van der Waals surface area contributed by atoms with Crippen molar-refractivity contribution in [3.8, 4) is 0 Å². The second kappa shape index (κ2) is 12.7. The van der Waals surface area contributed by atoms with Gasteiger partial charge in [0, 0.05) is 56.3 Å². The highest BCUT2D eigenvalue weighted by molar-refractivity contribution is 5.95. The summed E-state index contributed by atoms with van der Waals surface area (Å²) in [5.74, 6) is 0.0322. The lowest BCUT2D eigenvalue weighted by Crippen LogP contribution is -2.43. The van der Waals surface area contributed by atoms with E-state index in [4.69, 9.17) is 9.40 Å². The minimum Gasteiger partial charge on any atom is -0.465 e. The van der Waals surface area contributed by atoms with E-state index in [1.807, 2.05) is 29.8 Å². The first kappa shape index (κ1) is 25.9. The lowest BCUT2D eigenvalue weighted by molar-refractivity contribution is -0.133. The summed E-state index contributed by atoms with van der Waals surface area (Å²) in [6.45, 7) is 4.28. The van der Waals surface area contributed by atoms with Crippen molar-refractivity contribution < 1.29 is 18.8 Å². The average molecular weight is 505 g/mol. The van der Waals surface area contributed by atoms with Crippen LogP contribution in [0.3, 0.4) is 0 Å². The molecule has 0 bridgehead atoms. The fourth-order valence-electron chi connectivity index (χ4n) is 4.34. The minimum atomic E-state index is -0.357. The molecule has 194 valence electrons. The third kappa shape index (κ3) is 7.39. The van der Waals surface area contributed by atoms with E-state index in [0.717, 1.165) is 24.4 Å². The van der Waals surface area contributed by atoms with E-state index < -0.39 is 0 Å². The number of pyridine rings is 1. The average Bonchev–Trinajstić information content (AvgIpc) is 3.63. The molecule has 0 atom stereocenters. The maximum atomic E-state index is 12.9. The monoisotopic (exact) mass is 504 g/mol. The molecule has 1 aliphatic heterocycles. The molecule has 0 unspecified atom stereocenters. The molecule has 4 rings (SSSR count). The number of furan rings is 1. The molecule has 1 saturated heterocycles. The maximum Gasteiger partial charge on any atom is 0.253 e. The molecule has 3 aromatic rings. The van der Waals surface area contributed by atoms with Crippen LogP contribution in [0.2, 0.25) is 0 Å². The molecule has 0 spiro atoms. The van der Waals surface area contributed by atoms with Crippen molar-refractivity contribution in [1.82, 2.24) is 30.1 Å². The number of nitrogens with zero attached hydrogens (tertiary/aromatic N) is 4. The number of amides is 3. The van der Waals surface area contributed by atoms with Gasteiger partial charge < -0.3 is 24.5 Å². The molecule has 10 nitrogen and oxygen atoms in total. The van der Waals surface area contributed by atoms with Crippen LogP contribution in [0.4, 0.5) is 0 Å². The highest BCUT2D eigenvalue weighted by atomic mass is 16.3. The molecular formula is C27H32N6O4. The SMILES string of the molecule is Cc1ccc(C(=O)NCCCn2ccnc2)c(C2CCN(C(=O)CNC(=O)/C=C\c3ccco3)CC2)n1. The van der Waals surface area contributed by atoms with Gasteiger partial charge in [-0.2, -0.15) is 0 Å². The van der Waals surface area contributed by atoms with Crippen LogP contribution in [0.5, 0.6) is 0 Å². The molecule has 1 fully saturated rings. The lowest BCUT2D eigenvalue weighted by atomic mass is 9.89. The third-order valence-corrected chi connectivity index (χ3v) is 6.34. The minimum absolute atomic E-state index is 0.0680. The zero-order chi connectivity index (χ0) is 26.0. The number of nitrogens with one attached hydrogen (secondary N) is 2. The van der Waals surface area contributed by atoms with Gasteiger partial charge in [-0.15, -0.1) is 0 Å². The van der Waals surface area contributed by atoms with Crippen molar-refractivity contribution in [2.75, 3.05) is 26.2 Å². The van der Waals surface area contributed by atoms with Crippen molar-refractivity contribution in [1.29, 1.82) is 0 Å². The predicted octanol–water partition coefficient (Wildman–Crippen LogP) is 2.54. The number of piperidine rings is 1. The van der Waals surface area contributed by atoms with Gasteiger partial charge in [-0.25, -0.2) is 4.98 Å². The molecule has 4 heterocycles. The molecule has 2 N–H and O–H groups in total. The first-order chi connectivity index (χ1) is 18.0. The van der Waals surface area contributed by atoms with Crippen molar-refractivity contribution in [2.24, 2.45) is 0 Å². The van der Waals surface area contributed by atoms with Crippen LogP contribution in [-0.4, -0.2) is 63.3 Å². The zero-order valence-electron chi connectivity index (χ0n) is 20.9. The number of hydrogen-bond acceptors (Lipinski definition) is 6. The second-order valence-electron chi connectivity index (χ2n) is 9.02. The summed E-state index contributed by atoms with van der Waals surface area (Å²) in [6.07, 6.45) is 12.0. The van der Waals surface area contributed by atoms with Crippen molar-refractivity contribution in [3.63, 3.8) is 0 Å². The fraction of sp³-hybridized carbons (Fsp3) is 0.370. The van der Waals surface area contributed by atoms with Crippen molar-refractivity contribution in [3.05, 3.63) is 78.0 Å². The standard InChI is InChI=1S/C27H32N6O4/c1-20-5-7-23(27(36)29-11-3-13-32-16-12-28-19-32)26(31-20)21-9-14-33(15-10-21)25(35)18-30-24(34)8-6-22-4-2-17-37-22/h2,4-8,12,16-17,19,21H,3,9-11,13-15,18H2,1H3,(H,29,36)(H,30,34)/b8-6-. The van der Waals surface area contributed by atoms with Gasteiger partial charge in [-0.05, 0) is 56.5 Å². The first-order valence-corrected chi connectivity index (χ1v) is 12.5. The summed E-state index contributed by atoms with van der Waals surface area (Å²) in [4.78, 5) is 48.0. The van der Waals surface area contributed by atoms with Gasteiger partial charge in [0.05, 0.1) is 30.4 Å². The van der Waals surface area contributed by atoms with Crippen LogP contribution in [0, 0.1) is 6.92 Å². The Kier molecular flexibility index (Phi) is 8.85. The normalized spacial score (nSPS) is 14.1. The second-order valence-corrected chi connectivity index (χ2v) is 9.02. The molecule has 37 heavy (non-hydrogen) atoms. The number of rotatable bonds is 10. The molecule has 3 aromatic heterocycles. The van der Waals surface area contributed by atoms with Crippen LogP contribution in [-0.2, 0) is 16.1 Å². The van der Waals surface area contributed by atoms with E-state index in [9.17, 15) is 14.4 Å². The van der Waals surface area contributed by atoms with Crippen LogP contribution in [0.15, 0.2) is 59.7 Å². The van der Waals surface area contributed by atoms with Gasteiger partial charge in [0.2, 0.25) is 11.8 Å². The fourth-order valence-corrected chi connectivity index (χ4v) is 4.34. The number of imidazole rings is 1. The maximum absolute atomic E-state index is 12.9. The van der Waals surface area contributed by atoms with E-state index >= 15 is 0 Å². The molecule has 0 aliphatic carbocycles. The summed E-state index contributed by atoms with van der Waals surface area (Å²) in [6, 6.07) is 7.16. The van der Waals surface area contributed by atoms with Crippen LogP contribution in [0.1, 0.15) is 52.7 Å². The molecule has 1 aliphatic rings. The van der Waals surface area contributed by atoms with E-state index in [1.165, 1.54) is 12.3 Å². The Balaban J connectivity index is 1.26. The van der Waals surface area contributed by atoms with E-state index in [0.29, 0.717) is 43.8 Å². The van der Waals surface area contributed by atoms with Gasteiger partial charge in [-0.1, -0.05) is 0 Å². The van der Waals surface area contributed by atoms with Gasteiger partial charge >= 0.3 is 0 Å². The van der Waals surface area contributed by atoms with E-state index in [2.05, 4.69) is 15.6 Å². The largest absolute Gasteiger partial charge is 0.465 e.